The fraction of sp³-hybridized carbons (Fsp3) is 0.333. The predicted molar refractivity (Wildman–Crippen MR) is 77.6 cm³/mol. The van der Waals surface area contributed by atoms with E-state index >= 15 is 0 Å². The van der Waals surface area contributed by atoms with Gasteiger partial charge in [0.1, 0.15) is 5.75 Å². The minimum Gasteiger partial charge on any atom is -0.482 e. The van der Waals surface area contributed by atoms with Crippen LogP contribution in [0, 0.1) is 0 Å². The Bertz CT molecular complexity index is 591. The number of fused-ring (bicyclic) bond motifs is 1. The van der Waals surface area contributed by atoms with Crippen molar-refractivity contribution < 1.29 is 19.5 Å². The number of ether oxygens (including phenoxy) is 1. The molecule has 1 aromatic rings. The van der Waals surface area contributed by atoms with Gasteiger partial charge in [0.15, 0.2) is 6.61 Å². The Labute approximate surface area is 123 Å². The summed E-state index contributed by atoms with van der Waals surface area (Å²) in [5, 5.41) is 8.69. The maximum absolute atomic E-state index is 12.0. The number of hydroxylamine groups is 1. The second kappa shape index (κ2) is 6.41. The number of nitrogens with zero attached hydrogens (tertiary/aromatic N) is 1. The fourth-order valence-corrected chi connectivity index (χ4v) is 2.14. The average molecular weight is 290 g/mol. The van der Waals surface area contributed by atoms with Gasteiger partial charge in [-0.1, -0.05) is 11.6 Å². The van der Waals surface area contributed by atoms with Crippen LogP contribution in [-0.2, 0) is 4.79 Å². The van der Waals surface area contributed by atoms with Gasteiger partial charge in [-0.25, -0.2) is 5.48 Å². The molecule has 0 atom stereocenters. The van der Waals surface area contributed by atoms with Gasteiger partial charge in [-0.2, -0.15) is 0 Å². The summed E-state index contributed by atoms with van der Waals surface area (Å²) in [6.07, 6.45) is 2.77. The first-order valence-electron chi connectivity index (χ1n) is 6.68. The number of allylic oxidation sites excluding steroid dienone is 1. The molecule has 0 bridgehead atoms. The molecular formula is C15H18N2O4. The molecule has 0 saturated carbocycles. The van der Waals surface area contributed by atoms with Crippen LogP contribution in [0.5, 0.6) is 5.75 Å². The Kier molecular flexibility index (Phi) is 4.59. The summed E-state index contributed by atoms with van der Waals surface area (Å²) in [6, 6.07) is 4.70. The van der Waals surface area contributed by atoms with E-state index in [1.807, 2.05) is 19.9 Å². The van der Waals surface area contributed by atoms with E-state index in [4.69, 9.17) is 9.94 Å². The number of hydrogen-bond donors (Lipinski definition) is 2. The maximum Gasteiger partial charge on any atom is 0.274 e. The Morgan fingerprint density at radius 1 is 1.48 bits per heavy atom. The van der Waals surface area contributed by atoms with Crippen LogP contribution >= 0.6 is 0 Å². The first kappa shape index (κ1) is 15.1. The number of benzene rings is 1. The Morgan fingerprint density at radius 2 is 2.24 bits per heavy atom. The van der Waals surface area contributed by atoms with Gasteiger partial charge in [0, 0.05) is 12.1 Å². The number of carbonyl (C=O) groups is 2. The van der Waals surface area contributed by atoms with Crippen molar-refractivity contribution >= 4 is 17.5 Å². The zero-order chi connectivity index (χ0) is 15.4. The van der Waals surface area contributed by atoms with Crippen molar-refractivity contribution in [1.29, 1.82) is 0 Å². The van der Waals surface area contributed by atoms with Crippen molar-refractivity contribution in [2.75, 3.05) is 18.1 Å². The molecule has 0 aliphatic carbocycles. The van der Waals surface area contributed by atoms with Crippen molar-refractivity contribution in [3.05, 3.63) is 35.4 Å². The molecule has 0 aromatic heterocycles. The number of nitrogens with one attached hydrogen (secondary N) is 1. The molecule has 6 nitrogen and oxygen atoms in total. The zero-order valence-corrected chi connectivity index (χ0v) is 12.0. The lowest BCUT2D eigenvalue weighted by Crippen LogP contribution is -2.39. The van der Waals surface area contributed by atoms with Gasteiger partial charge in [-0.05, 0) is 38.5 Å². The maximum atomic E-state index is 12.0. The average Bonchev–Trinajstić information content (AvgIpc) is 2.47. The van der Waals surface area contributed by atoms with Gasteiger partial charge in [0.05, 0.1) is 5.69 Å². The minimum absolute atomic E-state index is 0.00658. The standard InChI is InChI=1S/C15H18N2O4/c1-10(2)4-3-7-17-12-8-11(15(19)16-20)5-6-13(12)21-9-14(17)18/h4-6,8,20H,3,7,9H2,1-2H3,(H,16,19). The van der Waals surface area contributed by atoms with Gasteiger partial charge in [0.2, 0.25) is 0 Å². The highest BCUT2D eigenvalue weighted by Gasteiger charge is 2.25. The molecule has 1 heterocycles. The Hall–Kier alpha value is -2.34. The third-order valence-electron chi connectivity index (χ3n) is 3.17. The lowest BCUT2D eigenvalue weighted by atomic mass is 10.1. The van der Waals surface area contributed by atoms with E-state index in [0.717, 1.165) is 6.42 Å². The van der Waals surface area contributed by atoms with Crippen LogP contribution in [0.15, 0.2) is 29.8 Å². The van der Waals surface area contributed by atoms with E-state index < -0.39 is 5.91 Å². The smallest absolute Gasteiger partial charge is 0.274 e. The summed E-state index contributed by atoms with van der Waals surface area (Å²) in [5.41, 5.74) is 3.58. The second-order valence-electron chi connectivity index (χ2n) is 5.03. The third-order valence-corrected chi connectivity index (χ3v) is 3.17. The highest BCUT2D eigenvalue weighted by Crippen LogP contribution is 2.33. The molecular weight excluding hydrogens is 272 g/mol. The number of hydrogen-bond acceptors (Lipinski definition) is 4. The number of carbonyl (C=O) groups excluding carboxylic acids is 2. The van der Waals surface area contributed by atoms with Crippen molar-refractivity contribution in [3.8, 4) is 5.75 Å². The first-order valence-corrected chi connectivity index (χ1v) is 6.68. The largest absolute Gasteiger partial charge is 0.482 e. The van der Waals surface area contributed by atoms with Crippen LogP contribution in [0.1, 0.15) is 30.6 Å². The molecule has 0 spiro atoms. The molecule has 112 valence electrons. The van der Waals surface area contributed by atoms with Gasteiger partial charge in [0.25, 0.3) is 11.8 Å². The van der Waals surface area contributed by atoms with Crippen molar-refractivity contribution in [3.63, 3.8) is 0 Å². The molecule has 6 heteroatoms. The molecule has 21 heavy (non-hydrogen) atoms. The van der Waals surface area contributed by atoms with Crippen LogP contribution in [0.2, 0.25) is 0 Å². The highest BCUT2D eigenvalue weighted by molar-refractivity contribution is 6.01. The van der Waals surface area contributed by atoms with Crippen molar-refractivity contribution in [1.82, 2.24) is 5.48 Å². The van der Waals surface area contributed by atoms with Crippen molar-refractivity contribution in [2.45, 2.75) is 20.3 Å². The summed E-state index contributed by atoms with van der Waals surface area (Å²) in [5.74, 6) is -0.215. The van der Waals surface area contributed by atoms with Gasteiger partial charge >= 0.3 is 0 Å². The molecule has 0 radical (unpaired) electrons. The SMILES string of the molecule is CC(C)=CCCN1C(=O)COc2ccc(C(=O)NO)cc21. The molecule has 1 aromatic carbocycles. The first-order chi connectivity index (χ1) is 10.0. The van der Waals surface area contributed by atoms with Gasteiger partial charge in [-0.3, -0.25) is 14.8 Å². The molecule has 0 fully saturated rings. The minimum atomic E-state index is -0.625. The lowest BCUT2D eigenvalue weighted by molar-refractivity contribution is -0.121. The Morgan fingerprint density at radius 3 is 2.90 bits per heavy atom. The molecule has 1 aliphatic rings. The monoisotopic (exact) mass is 290 g/mol. The summed E-state index contributed by atoms with van der Waals surface area (Å²) in [6.45, 7) is 4.51. The summed E-state index contributed by atoms with van der Waals surface area (Å²) in [4.78, 5) is 25.1. The van der Waals surface area contributed by atoms with Gasteiger partial charge in [-0.15, -0.1) is 0 Å². The van der Waals surface area contributed by atoms with E-state index in [1.54, 1.807) is 22.5 Å². The molecule has 2 N–H and O–H groups in total. The van der Waals surface area contributed by atoms with Crippen LogP contribution in [0.25, 0.3) is 0 Å². The summed E-state index contributed by atoms with van der Waals surface area (Å²) in [7, 11) is 0. The van der Waals surface area contributed by atoms with E-state index in [1.165, 1.54) is 11.6 Å². The van der Waals surface area contributed by atoms with E-state index in [9.17, 15) is 9.59 Å². The van der Waals surface area contributed by atoms with Crippen LogP contribution in [0.3, 0.4) is 0 Å². The number of amides is 2. The number of anilines is 1. The topological polar surface area (TPSA) is 78.9 Å². The molecule has 0 unspecified atom stereocenters. The van der Waals surface area contributed by atoms with Crippen molar-refractivity contribution in [2.24, 2.45) is 0 Å². The zero-order valence-electron chi connectivity index (χ0n) is 12.0. The fourth-order valence-electron chi connectivity index (χ4n) is 2.14. The quantitative estimate of drug-likeness (QED) is 0.504. The molecule has 1 aliphatic heterocycles. The lowest BCUT2D eigenvalue weighted by Gasteiger charge is -2.29. The Balaban J connectivity index is 2.29. The van der Waals surface area contributed by atoms with E-state index in [0.29, 0.717) is 18.0 Å². The normalized spacial score (nSPS) is 13.3. The van der Waals surface area contributed by atoms with Crippen LogP contribution in [-0.4, -0.2) is 30.2 Å². The number of rotatable bonds is 4. The third kappa shape index (κ3) is 3.41. The molecule has 2 rings (SSSR count). The molecule has 2 amide bonds. The van der Waals surface area contributed by atoms with Gasteiger partial charge < -0.3 is 9.64 Å². The summed E-state index contributed by atoms with van der Waals surface area (Å²) < 4.78 is 5.36. The predicted octanol–water partition coefficient (Wildman–Crippen LogP) is 1.89. The van der Waals surface area contributed by atoms with Crippen LogP contribution in [0.4, 0.5) is 5.69 Å². The van der Waals surface area contributed by atoms with Crippen LogP contribution < -0.4 is 15.1 Å². The highest BCUT2D eigenvalue weighted by atomic mass is 16.5. The molecule has 0 saturated heterocycles. The van der Waals surface area contributed by atoms with E-state index in [-0.39, 0.29) is 18.1 Å². The second-order valence-corrected chi connectivity index (χ2v) is 5.03. The van der Waals surface area contributed by atoms with E-state index in [2.05, 4.69) is 0 Å². The summed E-state index contributed by atoms with van der Waals surface area (Å²) >= 11 is 0.